The van der Waals surface area contributed by atoms with E-state index in [1.807, 2.05) is 12.3 Å². The molecule has 0 aliphatic carbocycles. The van der Waals surface area contributed by atoms with Crippen molar-refractivity contribution in [2.45, 2.75) is 32.7 Å². The highest BCUT2D eigenvalue weighted by molar-refractivity contribution is 5.26. The summed E-state index contributed by atoms with van der Waals surface area (Å²) in [5.74, 6) is 0. The molecular formula is C16H21NO. The summed E-state index contributed by atoms with van der Waals surface area (Å²) in [6, 6.07) is 11.1. The molecule has 2 heteroatoms. The van der Waals surface area contributed by atoms with Gasteiger partial charge in [0.05, 0.1) is 12.5 Å². The van der Waals surface area contributed by atoms with Gasteiger partial charge in [0.1, 0.15) is 0 Å². The fourth-order valence-corrected chi connectivity index (χ4v) is 2.30. The largest absolute Gasteiger partial charge is 0.472 e. The van der Waals surface area contributed by atoms with Crippen LogP contribution in [0.1, 0.15) is 23.6 Å². The molecule has 0 saturated heterocycles. The lowest BCUT2D eigenvalue weighted by Crippen LogP contribution is -2.33. The molecular weight excluding hydrogens is 222 g/mol. The monoisotopic (exact) mass is 243 g/mol. The van der Waals surface area contributed by atoms with Gasteiger partial charge in [-0.15, -0.1) is 0 Å². The maximum absolute atomic E-state index is 5.14. The molecule has 1 aromatic heterocycles. The van der Waals surface area contributed by atoms with Crippen LogP contribution in [0.2, 0.25) is 0 Å². The number of rotatable bonds is 6. The number of hydrogen-bond donors (Lipinski definition) is 1. The fraction of sp³-hybridized carbons (Fsp3) is 0.375. The van der Waals surface area contributed by atoms with Crippen LogP contribution in [-0.4, -0.2) is 12.6 Å². The third-order valence-electron chi connectivity index (χ3n) is 3.28. The molecule has 0 spiro atoms. The van der Waals surface area contributed by atoms with Gasteiger partial charge in [-0.2, -0.15) is 0 Å². The van der Waals surface area contributed by atoms with Gasteiger partial charge >= 0.3 is 0 Å². The van der Waals surface area contributed by atoms with E-state index >= 15 is 0 Å². The summed E-state index contributed by atoms with van der Waals surface area (Å²) in [4.78, 5) is 0. The Balaban J connectivity index is 2.04. The van der Waals surface area contributed by atoms with Crippen LogP contribution in [0.4, 0.5) is 0 Å². The zero-order chi connectivity index (χ0) is 12.8. The van der Waals surface area contributed by atoms with Crippen molar-refractivity contribution in [3.63, 3.8) is 0 Å². The van der Waals surface area contributed by atoms with Gasteiger partial charge in [-0.05, 0) is 49.1 Å². The molecule has 1 heterocycles. The van der Waals surface area contributed by atoms with E-state index in [-0.39, 0.29) is 0 Å². The number of likely N-dealkylation sites (N-methyl/N-ethyl adjacent to an activating group) is 1. The van der Waals surface area contributed by atoms with Gasteiger partial charge in [0.25, 0.3) is 0 Å². The Hall–Kier alpha value is -1.54. The fourth-order valence-electron chi connectivity index (χ4n) is 2.30. The molecule has 0 fully saturated rings. The maximum atomic E-state index is 5.14. The van der Waals surface area contributed by atoms with E-state index in [0.29, 0.717) is 6.04 Å². The summed E-state index contributed by atoms with van der Waals surface area (Å²) in [5, 5.41) is 3.55. The standard InChI is InChI=1S/C16H21NO/c1-3-17-16(10-14-8-9-18-12-14)11-15-7-5-4-6-13(15)2/h4-9,12,16-17H,3,10-11H2,1-2H3. The van der Waals surface area contributed by atoms with Crippen molar-refractivity contribution < 1.29 is 4.42 Å². The molecule has 0 radical (unpaired) electrons. The molecule has 1 unspecified atom stereocenters. The third-order valence-corrected chi connectivity index (χ3v) is 3.28. The van der Waals surface area contributed by atoms with Crippen LogP contribution in [0.25, 0.3) is 0 Å². The van der Waals surface area contributed by atoms with Crippen molar-refractivity contribution in [2.24, 2.45) is 0 Å². The van der Waals surface area contributed by atoms with E-state index < -0.39 is 0 Å². The average molecular weight is 243 g/mol. The lowest BCUT2D eigenvalue weighted by molar-refractivity contribution is 0.513. The number of furan rings is 1. The minimum absolute atomic E-state index is 0.466. The summed E-state index contributed by atoms with van der Waals surface area (Å²) in [6.45, 7) is 5.32. The van der Waals surface area contributed by atoms with E-state index in [1.165, 1.54) is 16.7 Å². The first-order valence-corrected chi connectivity index (χ1v) is 6.58. The normalized spacial score (nSPS) is 12.6. The SMILES string of the molecule is CCNC(Cc1ccoc1)Cc1ccccc1C. The van der Waals surface area contributed by atoms with Gasteiger partial charge in [-0.1, -0.05) is 31.2 Å². The van der Waals surface area contributed by atoms with Crippen LogP contribution in [0, 0.1) is 6.92 Å². The molecule has 2 nitrogen and oxygen atoms in total. The molecule has 1 atom stereocenters. The van der Waals surface area contributed by atoms with Crippen LogP contribution in [0.15, 0.2) is 47.3 Å². The van der Waals surface area contributed by atoms with Gasteiger partial charge in [0, 0.05) is 6.04 Å². The minimum atomic E-state index is 0.466. The summed E-state index contributed by atoms with van der Waals surface area (Å²) < 4.78 is 5.14. The number of hydrogen-bond acceptors (Lipinski definition) is 2. The summed E-state index contributed by atoms with van der Waals surface area (Å²) in [7, 11) is 0. The van der Waals surface area contributed by atoms with Crippen LogP contribution in [-0.2, 0) is 12.8 Å². The molecule has 0 aliphatic rings. The predicted molar refractivity (Wildman–Crippen MR) is 74.8 cm³/mol. The Morgan fingerprint density at radius 1 is 1.17 bits per heavy atom. The second-order valence-corrected chi connectivity index (χ2v) is 4.72. The van der Waals surface area contributed by atoms with Crippen molar-refractivity contribution in [1.82, 2.24) is 5.32 Å². The van der Waals surface area contributed by atoms with Crippen molar-refractivity contribution in [3.8, 4) is 0 Å². The van der Waals surface area contributed by atoms with Crippen molar-refractivity contribution in [1.29, 1.82) is 0 Å². The van der Waals surface area contributed by atoms with E-state index in [2.05, 4.69) is 43.4 Å². The lowest BCUT2D eigenvalue weighted by Gasteiger charge is -2.18. The Morgan fingerprint density at radius 2 is 2.00 bits per heavy atom. The first kappa shape index (κ1) is 12.9. The molecule has 0 amide bonds. The van der Waals surface area contributed by atoms with E-state index in [0.717, 1.165) is 19.4 Å². The van der Waals surface area contributed by atoms with E-state index in [1.54, 1.807) is 6.26 Å². The van der Waals surface area contributed by atoms with Crippen LogP contribution in [0.5, 0.6) is 0 Å². The summed E-state index contributed by atoms with van der Waals surface area (Å²) in [5.41, 5.74) is 4.05. The molecule has 1 N–H and O–H groups in total. The zero-order valence-electron chi connectivity index (χ0n) is 11.1. The van der Waals surface area contributed by atoms with Crippen molar-refractivity contribution >= 4 is 0 Å². The highest BCUT2D eigenvalue weighted by Crippen LogP contribution is 2.13. The summed E-state index contributed by atoms with van der Waals surface area (Å²) in [6.07, 6.45) is 5.65. The Kier molecular flexibility index (Phi) is 4.59. The summed E-state index contributed by atoms with van der Waals surface area (Å²) >= 11 is 0. The van der Waals surface area contributed by atoms with Gasteiger partial charge in [-0.25, -0.2) is 0 Å². The van der Waals surface area contributed by atoms with Crippen LogP contribution < -0.4 is 5.32 Å². The van der Waals surface area contributed by atoms with E-state index in [4.69, 9.17) is 4.42 Å². The highest BCUT2D eigenvalue weighted by atomic mass is 16.3. The predicted octanol–water partition coefficient (Wildman–Crippen LogP) is 3.35. The molecule has 18 heavy (non-hydrogen) atoms. The average Bonchev–Trinajstić information content (AvgIpc) is 2.85. The van der Waals surface area contributed by atoms with Crippen LogP contribution >= 0.6 is 0 Å². The molecule has 1 aromatic carbocycles. The molecule has 2 rings (SSSR count). The Bertz CT molecular complexity index is 462. The van der Waals surface area contributed by atoms with Crippen LogP contribution in [0.3, 0.4) is 0 Å². The minimum Gasteiger partial charge on any atom is -0.472 e. The van der Waals surface area contributed by atoms with Crippen molar-refractivity contribution in [3.05, 3.63) is 59.5 Å². The lowest BCUT2D eigenvalue weighted by atomic mass is 9.97. The number of aryl methyl sites for hydroxylation is 1. The first-order valence-electron chi connectivity index (χ1n) is 6.58. The quantitative estimate of drug-likeness (QED) is 0.841. The smallest absolute Gasteiger partial charge is 0.0935 e. The zero-order valence-corrected chi connectivity index (χ0v) is 11.1. The highest BCUT2D eigenvalue weighted by Gasteiger charge is 2.11. The first-order chi connectivity index (χ1) is 8.79. The molecule has 96 valence electrons. The molecule has 0 saturated carbocycles. The second kappa shape index (κ2) is 6.41. The number of nitrogens with one attached hydrogen (secondary N) is 1. The number of benzene rings is 1. The van der Waals surface area contributed by atoms with Gasteiger partial charge in [0.15, 0.2) is 0 Å². The Labute approximate surface area is 109 Å². The van der Waals surface area contributed by atoms with Gasteiger partial charge < -0.3 is 9.73 Å². The molecule has 0 aliphatic heterocycles. The van der Waals surface area contributed by atoms with E-state index in [9.17, 15) is 0 Å². The maximum Gasteiger partial charge on any atom is 0.0935 e. The molecule has 0 bridgehead atoms. The molecule has 2 aromatic rings. The second-order valence-electron chi connectivity index (χ2n) is 4.72. The van der Waals surface area contributed by atoms with Gasteiger partial charge in [0.2, 0.25) is 0 Å². The third kappa shape index (κ3) is 3.47. The van der Waals surface area contributed by atoms with Gasteiger partial charge in [-0.3, -0.25) is 0 Å². The topological polar surface area (TPSA) is 25.2 Å². The Morgan fingerprint density at radius 3 is 2.67 bits per heavy atom. The van der Waals surface area contributed by atoms with Crippen molar-refractivity contribution in [2.75, 3.05) is 6.54 Å².